The van der Waals surface area contributed by atoms with Crippen molar-refractivity contribution in [3.63, 3.8) is 0 Å². The summed E-state index contributed by atoms with van der Waals surface area (Å²) in [4.78, 5) is 43.1. The second kappa shape index (κ2) is 10.8. The number of imide groups is 1. The molecule has 3 heterocycles. The molecule has 1 aromatic carbocycles. The standard InChI is InChI=1S/C21H25N6O4.W/c1-22-23-13-24-25-17-12-14-4-2-10-26-11-3-5-16(21(14)26)15(17)6-9-20(30)31-27-18(28)7-8-19(27)29;/h7,12H,2-6,8-11,13H2,1H3;/q-1;. The molecule has 0 bridgehead atoms. The fourth-order valence-electron chi connectivity index (χ4n) is 4.41. The molecule has 32 heavy (non-hydrogen) atoms. The number of carbonyl (C=O) groups is 3. The molecule has 3 aliphatic heterocycles. The number of hydrogen-bond acceptors (Lipinski definition) is 9. The first-order valence-corrected chi connectivity index (χ1v) is 10.5. The van der Waals surface area contributed by atoms with Crippen LogP contribution in [-0.4, -0.2) is 49.7 Å². The van der Waals surface area contributed by atoms with E-state index in [1.54, 1.807) is 7.05 Å². The largest absolute Gasteiger partial charge is 0.371 e. The molecule has 4 rings (SSSR count). The molecule has 0 N–H and O–H groups in total. The second-order valence-electron chi connectivity index (χ2n) is 7.68. The van der Waals surface area contributed by atoms with Crippen molar-refractivity contribution >= 4 is 29.2 Å². The van der Waals surface area contributed by atoms with Crippen LogP contribution in [0.15, 0.2) is 26.5 Å². The van der Waals surface area contributed by atoms with Crippen molar-refractivity contribution in [3.05, 3.63) is 29.2 Å². The van der Waals surface area contributed by atoms with Crippen molar-refractivity contribution < 1.29 is 40.3 Å². The van der Waals surface area contributed by atoms with Crippen LogP contribution in [0.5, 0.6) is 0 Å². The zero-order valence-electron chi connectivity index (χ0n) is 18.0. The first kappa shape index (κ1) is 24.0. The van der Waals surface area contributed by atoms with E-state index in [1.807, 2.05) is 0 Å². The van der Waals surface area contributed by atoms with Gasteiger partial charge in [-0.1, -0.05) is 6.42 Å². The van der Waals surface area contributed by atoms with Crippen molar-refractivity contribution in [3.8, 4) is 0 Å². The van der Waals surface area contributed by atoms with Crippen molar-refractivity contribution in [1.29, 1.82) is 0 Å². The van der Waals surface area contributed by atoms with Crippen LogP contribution in [0.1, 0.15) is 42.4 Å². The zero-order chi connectivity index (χ0) is 21.8. The third-order valence-corrected chi connectivity index (χ3v) is 5.72. The average molecular weight is 609 g/mol. The van der Waals surface area contributed by atoms with Gasteiger partial charge in [0.05, 0.1) is 12.1 Å². The predicted molar refractivity (Wildman–Crippen MR) is 111 cm³/mol. The summed E-state index contributed by atoms with van der Waals surface area (Å²) >= 11 is 0. The third kappa shape index (κ3) is 5.06. The number of azo groups is 2. The normalized spacial score (nSPS) is 17.5. The van der Waals surface area contributed by atoms with Gasteiger partial charge in [-0.05, 0) is 54.9 Å². The van der Waals surface area contributed by atoms with E-state index in [-0.39, 0.29) is 40.6 Å². The van der Waals surface area contributed by atoms with Crippen LogP contribution in [0.2, 0.25) is 0 Å². The Kier molecular flexibility index (Phi) is 8.12. The molecule has 10 nitrogen and oxygen atoms in total. The molecule has 0 radical (unpaired) electrons. The number of amides is 2. The number of carbonyl (C=O) groups excluding carboxylic acids is 3. The Morgan fingerprint density at radius 2 is 1.97 bits per heavy atom. The molecule has 3 aliphatic rings. The Morgan fingerprint density at radius 3 is 2.69 bits per heavy atom. The van der Waals surface area contributed by atoms with E-state index >= 15 is 0 Å². The van der Waals surface area contributed by atoms with Gasteiger partial charge in [-0.25, -0.2) is 4.79 Å². The van der Waals surface area contributed by atoms with E-state index < -0.39 is 17.8 Å². The summed E-state index contributed by atoms with van der Waals surface area (Å²) in [5.74, 6) is -1.76. The van der Waals surface area contributed by atoms with Crippen molar-refractivity contribution in [2.24, 2.45) is 20.5 Å². The van der Waals surface area contributed by atoms with Crippen LogP contribution < -0.4 is 4.90 Å². The summed E-state index contributed by atoms with van der Waals surface area (Å²) in [6.07, 6.45) is 5.63. The third-order valence-electron chi connectivity index (χ3n) is 5.72. The molecule has 0 unspecified atom stereocenters. The summed E-state index contributed by atoms with van der Waals surface area (Å²) in [6.45, 7) is 2.22. The summed E-state index contributed by atoms with van der Waals surface area (Å²) in [7, 11) is 1.58. The van der Waals surface area contributed by atoms with Crippen LogP contribution in [0.4, 0.5) is 11.4 Å². The molecule has 0 saturated carbocycles. The first-order valence-electron chi connectivity index (χ1n) is 10.5. The van der Waals surface area contributed by atoms with Gasteiger partial charge in [-0.2, -0.15) is 20.5 Å². The van der Waals surface area contributed by atoms with E-state index in [9.17, 15) is 14.4 Å². The second-order valence-corrected chi connectivity index (χ2v) is 7.68. The van der Waals surface area contributed by atoms with Crippen LogP contribution in [0.3, 0.4) is 0 Å². The van der Waals surface area contributed by atoms with Gasteiger partial charge in [-0.3, -0.25) is 11.2 Å². The molecule has 0 aliphatic carbocycles. The number of benzene rings is 1. The van der Waals surface area contributed by atoms with Crippen LogP contribution in [0.25, 0.3) is 0 Å². The number of anilines is 1. The maximum atomic E-state index is 12.4. The molecular formula is C21H25N6O4W-. The smallest absolute Gasteiger partial charge is 0.333 e. The number of hydroxylamine groups is 2. The molecule has 0 aromatic heterocycles. The number of nitrogens with zero attached hydrogens (tertiary/aromatic N) is 6. The fraction of sp³-hybridized carbons (Fsp3) is 0.524. The Balaban J connectivity index is 0.00000289. The molecule has 170 valence electrons. The fourth-order valence-corrected chi connectivity index (χ4v) is 4.41. The Morgan fingerprint density at radius 1 is 1.19 bits per heavy atom. The van der Waals surface area contributed by atoms with Gasteiger partial charge in [0.1, 0.15) is 5.91 Å². The monoisotopic (exact) mass is 609 g/mol. The zero-order valence-corrected chi connectivity index (χ0v) is 20.9. The SMILES string of the molecule is CN=NCN=Nc1cc2c3c(c1CCC(=O)ON1C(=O)[CH-]CC1=O)CCCN3CCC2.[W]. The molecule has 0 spiro atoms. The van der Waals surface area contributed by atoms with Crippen LogP contribution in [0, 0.1) is 6.42 Å². The van der Waals surface area contributed by atoms with E-state index in [0.29, 0.717) is 11.5 Å². The summed E-state index contributed by atoms with van der Waals surface area (Å²) in [5.41, 5.74) is 5.45. The van der Waals surface area contributed by atoms with Gasteiger partial charge >= 0.3 is 5.97 Å². The number of rotatable bonds is 7. The molecule has 11 heteroatoms. The van der Waals surface area contributed by atoms with Gasteiger partial charge < -0.3 is 14.5 Å². The van der Waals surface area contributed by atoms with Gasteiger partial charge in [0.25, 0.3) is 0 Å². The van der Waals surface area contributed by atoms with Crippen molar-refractivity contribution in [2.45, 2.75) is 44.9 Å². The van der Waals surface area contributed by atoms with E-state index in [2.05, 4.69) is 31.4 Å². The molecule has 0 atom stereocenters. The minimum absolute atomic E-state index is 0. The van der Waals surface area contributed by atoms with E-state index in [4.69, 9.17) is 4.84 Å². The Labute approximate surface area is 200 Å². The van der Waals surface area contributed by atoms with Gasteiger partial charge in [-0.15, -0.1) is 5.06 Å². The first-order chi connectivity index (χ1) is 15.1. The van der Waals surface area contributed by atoms with E-state index in [1.165, 1.54) is 23.2 Å². The number of aryl methyl sites for hydroxylation is 1. The average Bonchev–Trinajstić information content (AvgIpc) is 3.08. The maximum absolute atomic E-state index is 12.4. The molecule has 1 saturated heterocycles. The Hall–Kier alpha value is -2.61. The van der Waals surface area contributed by atoms with Gasteiger partial charge in [0.15, 0.2) is 6.67 Å². The molecule has 2 amide bonds. The minimum Gasteiger partial charge on any atom is -0.371 e. The van der Waals surface area contributed by atoms with Crippen LogP contribution >= 0.6 is 0 Å². The maximum Gasteiger partial charge on any atom is 0.333 e. The summed E-state index contributed by atoms with van der Waals surface area (Å²) in [5, 5.41) is 16.5. The van der Waals surface area contributed by atoms with Gasteiger partial charge in [0, 0.05) is 46.9 Å². The Bertz CT molecular complexity index is 946. The van der Waals surface area contributed by atoms with Gasteiger partial charge in [0.2, 0.25) is 5.91 Å². The quantitative estimate of drug-likeness (QED) is 0.268. The van der Waals surface area contributed by atoms with Crippen LogP contribution in [-0.2, 0) is 59.5 Å². The molecular weight excluding hydrogens is 584 g/mol. The predicted octanol–water partition coefficient (Wildman–Crippen LogP) is 2.86. The number of hydrogen-bond donors (Lipinski definition) is 0. The summed E-state index contributed by atoms with van der Waals surface area (Å²) in [6, 6.07) is 2.06. The van der Waals surface area contributed by atoms with E-state index in [0.717, 1.165) is 50.0 Å². The molecule has 1 fully saturated rings. The topological polar surface area (TPSA) is 116 Å². The minimum atomic E-state index is -0.628. The van der Waals surface area contributed by atoms with Crippen molar-refractivity contribution in [1.82, 2.24) is 5.06 Å². The molecule has 1 aromatic rings. The van der Waals surface area contributed by atoms with Crippen molar-refractivity contribution in [2.75, 3.05) is 31.7 Å². The summed E-state index contributed by atoms with van der Waals surface area (Å²) < 4.78 is 0.